The van der Waals surface area contributed by atoms with E-state index in [-0.39, 0.29) is 5.94 Å². The third kappa shape index (κ3) is 0.686. The summed E-state index contributed by atoms with van der Waals surface area (Å²) in [4.78, 5) is 4.17. The maximum atomic E-state index is 4.17. The molecular formula is C8H7BN. The highest BCUT2D eigenvalue weighted by atomic mass is 14.8. The molecule has 0 amide bonds. The van der Waals surface area contributed by atoms with Crippen LogP contribution in [0.2, 0.25) is 0 Å². The Kier molecular flexibility index (Phi) is 1.13. The van der Waals surface area contributed by atoms with Crippen molar-refractivity contribution in [2.24, 2.45) is 4.99 Å². The molecule has 1 aromatic carbocycles. The van der Waals surface area contributed by atoms with Gasteiger partial charge in [-0.15, -0.1) is 0 Å². The molecule has 0 fully saturated rings. The molecule has 2 rings (SSSR count). The van der Waals surface area contributed by atoms with Gasteiger partial charge in [0.05, 0.1) is 0 Å². The highest BCUT2D eigenvalue weighted by Crippen LogP contribution is 2.22. The molecule has 1 unspecified atom stereocenters. The second kappa shape index (κ2) is 1.98. The van der Waals surface area contributed by atoms with E-state index in [1.54, 1.807) is 0 Å². The maximum Gasteiger partial charge on any atom is 0.127 e. The number of hydrogen-bond acceptors (Lipinski definition) is 1. The molecule has 1 aromatic rings. The molecule has 0 saturated carbocycles. The van der Waals surface area contributed by atoms with Gasteiger partial charge in [0.15, 0.2) is 0 Å². The Bertz CT molecular complexity index is 280. The van der Waals surface area contributed by atoms with E-state index < -0.39 is 0 Å². The summed E-state index contributed by atoms with van der Waals surface area (Å²) in [5, 5.41) is 0. The summed E-state index contributed by atoms with van der Waals surface area (Å²) < 4.78 is 0. The third-order valence-corrected chi connectivity index (χ3v) is 1.75. The van der Waals surface area contributed by atoms with Crippen molar-refractivity contribution in [3.05, 3.63) is 35.4 Å². The van der Waals surface area contributed by atoms with Crippen molar-refractivity contribution in [1.82, 2.24) is 0 Å². The lowest BCUT2D eigenvalue weighted by Gasteiger charge is -2.00. The van der Waals surface area contributed by atoms with Crippen molar-refractivity contribution in [1.29, 1.82) is 0 Å². The van der Waals surface area contributed by atoms with Gasteiger partial charge in [0.2, 0.25) is 0 Å². The van der Waals surface area contributed by atoms with Crippen molar-refractivity contribution in [3.8, 4) is 0 Å². The van der Waals surface area contributed by atoms with Crippen LogP contribution in [0.15, 0.2) is 29.3 Å². The number of benzene rings is 1. The molecule has 0 bridgehead atoms. The van der Waals surface area contributed by atoms with Gasteiger partial charge < -0.3 is 0 Å². The molecule has 0 spiro atoms. The highest BCUT2D eigenvalue weighted by molar-refractivity contribution is 6.15. The summed E-state index contributed by atoms with van der Waals surface area (Å²) in [7, 11) is 3.88. The van der Waals surface area contributed by atoms with Crippen LogP contribution in [-0.4, -0.2) is 14.1 Å². The van der Waals surface area contributed by atoms with E-state index in [0.717, 1.165) is 0 Å². The van der Waals surface area contributed by atoms with E-state index in [1.807, 2.05) is 18.3 Å². The topological polar surface area (TPSA) is 12.4 Å². The minimum absolute atomic E-state index is 0.121. The minimum atomic E-state index is 0.121. The first-order valence-electron chi connectivity index (χ1n) is 3.33. The van der Waals surface area contributed by atoms with E-state index in [1.165, 1.54) is 11.1 Å². The minimum Gasteiger partial charge on any atom is -0.294 e. The maximum absolute atomic E-state index is 4.17. The van der Waals surface area contributed by atoms with E-state index in [9.17, 15) is 0 Å². The van der Waals surface area contributed by atoms with Gasteiger partial charge in [0, 0.05) is 12.2 Å². The third-order valence-electron chi connectivity index (χ3n) is 1.75. The Hall–Kier alpha value is -1.05. The molecule has 1 atom stereocenters. The summed E-state index contributed by atoms with van der Waals surface area (Å²) in [5.41, 5.74) is 2.45. The molecule has 1 aliphatic heterocycles. The lowest BCUT2D eigenvalue weighted by atomic mass is 9.89. The molecule has 0 aliphatic carbocycles. The second-order valence-corrected chi connectivity index (χ2v) is 2.42. The van der Waals surface area contributed by atoms with Crippen LogP contribution >= 0.6 is 0 Å². The number of fused-ring (bicyclic) bond motifs is 1. The molecule has 1 aliphatic rings. The fourth-order valence-electron chi connectivity index (χ4n) is 1.18. The quantitative estimate of drug-likeness (QED) is 0.462. The predicted octanol–water partition coefficient (Wildman–Crippen LogP) is 1.02. The summed E-state index contributed by atoms with van der Waals surface area (Å²) in [6, 6.07) is 8.17. The van der Waals surface area contributed by atoms with Gasteiger partial charge in [0.1, 0.15) is 7.85 Å². The Morgan fingerprint density at radius 3 is 2.90 bits per heavy atom. The summed E-state index contributed by atoms with van der Waals surface area (Å²) in [6.07, 6.45) is 1.88. The van der Waals surface area contributed by atoms with E-state index in [2.05, 4.69) is 25.0 Å². The van der Waals surface area contributed by atoms with Crippen molar-refractivity contribution in [2.75, 3.05) is 0 Å². The monoisotopic (exact) mass is 128 g/mol. The van der Waals surface area contributed by atoms with Gasteiger partial charge in [-0.05, 0) is 11.1 Å². The Morgan fingerprint density at radius 2 is 2.10 bits per heavy atom. The zero-order valence-corrected chi connectivity index (χ0v) is 5.62. The van der Waals surface area contributed by atoms with E-state index in [0.29, 0.717) is 0 Å². The van der Waals surface area contributed by atoms with Crippen molar-refractivity contribution < 1.29 is 0 Å². The first-order valence-corrected chi connectivity index (χ1v) is 3.33. The Morgan fingerprint density at radius 1 is 1.30 bits per heavy atom. The number of hydrogen-bond donors (Lipinski definition) is 0. The summed E-state index contributed by atoms with van der Waals surface area (Å²) in [6.45, 7) is 0. The van der Waals surface area contributed by atoms with Gasteiger partial charge in [-0.3, -0.25) is 4.99 Å². The normalized spacial score (nSPS) is 21.0. The van der Waals surface area contributed by atoms with Crippen molar-refractivity contribution in [3.63, 3.8) is 0 Å². The van der Waals surface area contributed by atoms with Crippen molar-refractivity contribution in [2.45, 2.75) is 5.94 Å². The van der Waals surface area contributed by atoms with E-state index >= 15 is 0 Å². The standard InChI is InChI=1S/C8H7BN/c9-8-7-4-2-1-3-6(7)5-10-8/h1-5,8-9H. The lowest BCUT2D eigenvalue weighted by molar-refractivity contribution is 1.05. The van der Waals surface area contributed by atoms with Crippen LogP contribution in [0, 0.1) is 0 Å². The van der Waals surface area contributed by atoms with Crippen LogP contribution in [0.5, 0.6) is 0 Å². The summed E-state index contributed by atoms with van der Waals surface area (Å²) >= 11 is 0. The average Bonchev–Trinajstić information content (AvgIpc) is 2.34. The fraction of sp³-hybridized carbons (Fsp3) is 0.125. The second-order valence-electron chi connectivity index (χ2n) is 2.42. The largest absolute Gasteiger partial charge is 0.294 e. The molecule has 2 heteroatoms. The number of aliphatic imine (C=N–C) groups is 1. The molecule has 1 nitrogen and oxygen atoms in total. The lowest BCUT2D eigenvalue weighted by Crippen LogP contribution is -1.89. The van der Waals surface area contributed by atoms with Gasteiger partial charge >= 0.3 is 0 Å². The van der Waals surface area contributed by atoms with Gasteiger partial charge in [0.25, 0.3) is 0 Å². The van der Waals surface area contributed by atoms with Gasteiger partial charge in [-0.25, -0.2) is 0 Å². The molecule has 10 heavy (non-hydrogen) atoms. The molecule has 1 heterocycles. The van der Waals surface area contributed by atoms with Crippen LogP contribution < -0.4 is 0 Å². The first kappa shape index (κ1) is 5.72. The van der Waals surface area contributed by atoms with Crippen molar-refractivity contribution >= 4 is 14.1 Å². The zero-order chi connectivity index (χ0) is 6.97. The van der Waals surface area contributed by atoms with E-state index in [4.69, 9.17) is 0 Å². The van der Waals surface area contributed by atoms with Crippen LogP contribution in [0.25, 0.3) is 0 Å². The smallest absolute Gasteiger partial charge is 0.127 e. The van der Waals surface area contributed by atoms with Crippen LogP contribution in [0.3, 0.4) is 0 Å². The predicted molar refractivity (Wildman–Crippen MR) is 43.9 cm³/mol. The molecule has 0 saturated heterocycles. The fourth-order valence-corrected chi connectivity index (χ4v) is 1.18. The number of rotatable bonds is 0. The van der Waals surface area contributed by atoms with Crippen LogP contribution in [-0.2, 0) is 0 Å². The average molecular weight is 128 g/mol. The SMILES string of the molecule is [BH]C1N=Cc2ccccc21. The van der Waals surface area contributed by atoms with Crippen LogP contribution in [0.1, 0.15) is 17.1 Å². The molecular weight excluding hydrogens is 121 g/mol. The zero-order valence-electron chi connectivity index (χ0n) is 5.62. The van der Waals surface area contributed by atoms with Gasteiger partial charge in [-0.2, -0.15) is 0 Å². The summed E-state index contributed by atoms with van der Waals surface area (Å²) in [5.74, 6) is 0.121. The molecule has 0 N–H and O–H groups in total. The molecule has 1 radical (unpaired) electrons. The Balaban J connectivity index is 2.59. The molecule has 47 valence electrons. The van der Waals surface area contributed by atoms with Crippen LogP contribution in [0.4, 0.5) is 0 Å². The van der Waals surface area contributed by atoms with Gasteiger partial charge in [-0.1, -0.05) is 24.3 Å². The Labute approximate surface area is 61.2 Å². The number of nitrogens with zero attached hydrogens (tertiary/aromatic N) is 1. The molecule has 0 aromatic heterocycles. The highest BCUT2D eigenvalue weighted by Gasteiger charge is 2.11. The first-order chi connectivity index (χ1) is 4.88.